The molecular weight excluding hydrogens is 316 g/mol. The van der Waals surface area contributed by atoms with Crippen molar-refractivity contribution in [1.82, 2.24) is 10.6 Å². The fourth-order valence-corrected chi connectivity index (χ4v) is 4.08. The van der Waals surface area contributed by atoms with E-state index in [9.17, 15) is 0 Å². The highest BCUT2D eigenvalue weighted by Gasteiger charge is 2.36. The number of rotatable bonds is 6. The molecule has 0 aliphatic carbocycles. The van der Waals surface area contributed by atoms with Gasteiger partial charge in [0.05, 0.1) is 5.54 Å². The van der Waals surface area contributed by atoms with E-state index in [1.54, 1.807) is 0 Å². The van der Waals surface area contributed by atoms with Crippen LogP contribution in [0.5, 0.6) is 0 Å². The van der Waals surface area contributed by atoms with Crippen LogP contribution < -0.4 is 10.6 Å². The zero-order valence-electron chi connectivity index (χ0n) is 15.1. The van der Waals surface area contributed by atoms with E-state index in [1.165, 1.54) is 29.5 Å². The highest BCUT2D eigenvalue weighted by molar-refractivity contribution is 5.49. The molecule has 1 aliphatic heterocycles. The van der Waals surface area contributed by atoms with Crippen LogP contribution in [0, 0.1) is 0 Å². The Bertz CT molecular complexity index is 697. The van der Waals surface area contributed by atoms with E-state index >= 15 is 0 Å². The average Bonchev–Trinajstić information content (AvgIpc) is 3.25. The Morgan fingerprint density at radius 3 is 1.58 bits per heavy atom. The van der Waals surface area contributed by atoms with Gasteiger partial charge in [-0.25, -0.2) is 0 Å². The van der Waals surface area contributed by atoms with Crippen LogP contribution in [0.2, 0.25) is 0 Å². The molecule has 0 bridgehead atoms. The average molecular weight is 342 g/mol. The first-order valence-corrected chi connectivity index (χ1v) is 9.54. The van der Waals surface area contributed by atoms with Crippen molar-refractivity contribution in [3.63, 3.8) is 0 Å². The molecule has 1 unspecified atom stereocenters. The van der Waals surface area contributed by atoms with Crippen molar-refractivity contribution in [2.75, 3.05) is 13.1 Å². The van der Waals surface area contributed by atoms with Crippen molar-refractivity contribution in [3.05, 3.63) is 108 Å². The topological polar surface area (TPSA) is 24.1 Å². The van der Waals surface area contributed by atoms with Gasteiger partial charge < -0.3 is 5.32 Å². The largest absolute Gasteiger partial charge is 0.313 e. The highest BCUT2D eigenvalue weighted by atomic mass is 15.0. The molecule has 2 nitrogen and oxygen atoms in total. The van der Waals surface area contributed by atoms with E-state index in [0.717, 1.165) is 13.1 Å². The molecule has 0 amide bonds. The smallest absolute Gasteiger partial charge is 0.0948 e. The van der Waals surface area contributed by atoms with Gasteiger partial charge in [0.2, 0.25) is 0 Å². The number of hydrogen-bond donors (Lipinski definition) is 2. The van der Waals surface area contributed by atoms with Gasteiger partial charge in [0, 0.05) is 12.6 Å². The van der Waals surface area contributed by atoms with E-state index in [2.05, 4.69) is 102 Å². The summed E-state index contributed by atoms with van der Waals surface area (Å²) in [6.45, 7) is 2.07. The van der Waals surface area contributed by atoms with Crippen molar-refractivity contribution in [2.45, 2.75) is 24.4 Å². The van der Waals surface area contributed by atoms with Gasteiger partial charge in [0.15, 0.2) is 0 Å². The molecule has 1 aliphatic rings. The standard InChI is InChI=1S/C24H26N2/c1-4-11-20(12-5-1)24(21-13-6-2-7-14-21,22-15-8-3-9-16-22)26-19-23-17-10-18-25-23/h1-9,11-16,23,25-26H,10,17-19H2. The molecule has 132 valence electrons. The Morgan fingerprint density at radius 2 is 1.19 bits per heavy atom. The maximum Gasteiger partial charge on any atom is 0.0948 e. The highest BCUT2D eigenvalue weighted by Crippen LogP contribution is 2.36. The maximum atomic E-state index is 3.96. The second-order valence-electron chi connectivity index (χ2n) is 7.02. The molecule has 0 spiro atoms. The fraction of sp³-hybridized carbons (Fsp3) is 0.250. The molecule has 2 heteroatoms. The van der Waals surface area contributed by atoms with Crippen LogP contribution in [0.3, 0.4) is 0 Å². The summed E-state index contributed by atoms with van der Waals surface area (Å²) in [6, 6.07) is 33.0. The summed E-state index contributed by atoms with van der Waals surface area (Å²) >= 11 is 0. The van der Waals surface area contributed by atoms with Gasteiger partial charge in [0.1, 0.15) is 0 Å². The molecular formula is C24H26N2. The molecule has 1 atom stereocenters. The van der Waals surface area contributed by atoms with Crippen molar-refractivity contribution in [2.24, 2.45) is 0 Å². The molecule has 4 rings (SSSR count). The lowest BCUT2D eigenvalue weighted by atomic mass is 9.77. The van der Waals surface area contributed by atoms with Gasteiger partial charge in [0.25, 0.3) is 0 Å². The van der Waals surface area contributed by atoms with Gasteiger partial charge in [-0.3, -0.25) is 5.32 Å². The number of hydrogen-bond acceptors (Lipinski definition) is 2. The Balaban J connectivity index is 1.84. The molecule has 3 aromatic carbocycles. The third kappa shape index (κ3) is 3.31. The predicted octanol–water partition coefficient (Wildman–Crippen LogP) is 4.32. The van der Waals surface area contributed by atoms with E-state index in [0.29, 0.717) is 6.04 Å². The molecule has 2 N–H and O–H groups in total. The third-order valence-electron chi connectivity index (χ3n) is 5.40. The molecule has 1 saturated heterocycles. The minimum atomic E-state index is -0.353. The van der Waals surface area contributed by atoms with Crippen molar-refractivity contribution in [1.29, 1.82) is 0 Å². The minimum Gasteiger partial charge on any atom is -0.313 e. The first kappa shape index (κ1) is 17.0. The summed E-state index contributed by atoms with van der Waals surface area (Å²) in [5, 5.41) is 7.58. The van der Waals surface area contributed by atoms with Gasteiger partial charge in [-0.1, -0.05) is 91.0 Å². The normalized spacial score (nSPS) is 17.3. The fourth-order valence-electron chi connectivity index (χ4n) is 4.08. The molecule has 0 radical (unpaired) electrons. The molecule has 1 heterocycles. The summed E-state index contributed by atoms with van der Waals surface area (Å²) in [5.74, 6) is 0. The van der Waals surface area contributed by atoms with Gasteiger partial charge in [-0.15, -0.1) is 0 Å². The maximum absolute atomic E-state index is 3.96. The summed E-state index contributed by atoms with van der Waals surface area (Å²) in [6.07, 6.45) is 2.50. The van der Waals surface area contributed by atoms with Crippen LogP contribution in [0.4, 0.5) is 0 Å². The lowest BCUT2D eigenvalue weighted by Gasteiger charge is -2.38. The Morgan fingerprint density at radius 1 is 0.731 bits per heavy atom. The van der Waals surface area contributed by atoms with Crippen LogP contribution in [0.25, 0.3) is 0 Å². The zero-order valence-corrected chi connectivity index (χ0v) is 15.1. The summed E-state index contributed by atoms with van der Waals surface area (Å²) < 4.78 is 0. The first-order chi connectivity index (χ1) is 12.9. The molecule has 3 aromatic rings. The van der Waals surface area contributed by atoms with Crippen LogP contribution >= 0.6 is 0 Å². The lowest BCUT2D eigenvalue weighted by molar-refractivity contribution is 0.428. The molecule has 1 fully saturated rings. The second kappa shape index (κ2) is 7.86. The summed E-state index contributed by atoms with van der Waals surface area (Å²) in [4.78, 5) is 0. The third-order valence-corrected chi connectivity index (χ3v) is 5.40. The van der Waals surface area contributed by atoms with Crippen LogP contribution in [0.1, 0.15) is 29.5 Å². The SMILES string of the molecule is c1ccc(C(NCC2CCCN2)(c2ccccc2)c2ccccc2)cc1. The Labute approximate surface area is 156 Å². The number of benzene rings is 3. The molecule has 0 saturated carbocycles. The van der Waals surface area contributed by atoms with Crippen molar-refractivity contribution in [3.8, 4) is 0 Å². The first-order valence-electron chi connectivity index (χ1n) is 9.54. The van der Waals surface area contributed by atoms with Crippen LogP contribution in [-0.4, -0.2) is 19.1 Å². The Hall–Kier alpha value is -2.42. The number of nitrogens with one attached hydrogen (secondary N) is 2. The second-order valence-corrected chi connectivity index (χ2v) is 7.02. The van der Waals surface area contributed by atoms with Gasteiger partial charge >= 0.3 is 0 Å². The molecule has 0 aromatic heterocycles. The predicted molar refractivity (Wildman–Crippen MR) is 108 cm³/mol. The van der Waals surface area contributed by atoms with Crippen LogP contribution in [-0.2, 0) is 5.54 Å². The minimum absolute atomic E-state index is 0.353. The monoisotopic (exact) mass is 342 g/mol. The lowest BCUT2D eigenvalue weighted by Crippen LogP contribution is -2.49. The van der Waals surface area contributed by atoms with Crippen molar-refractivity contribution >= 4 is 0 Å². The summed E-state index contributed by atoms with van der Waals surface area (Å²) in [5.41, 5.74) is 3.47. The van der Waals surface area contributed by atoms with Gasteiger partial charge in [-0.2, -0.15) is 0 Å². The van der Waals surface area contributed by atoms with E-state index in [4.69, 9.17) is 0 Å². The zero-order chi connectivity index (χ0) is 17.7. The summed E-state index contributed by atoms with van der Waals surface area (Å²) in [7, 11) is 0. The van der Waals surface area contributed by atoms with Crippen molar-refractivity contribution < 1.29 is 0 Å². The van der Waals surface area contributed by atoms with Crippen LogP contribution in [0.15, 0.2) is 91.0 Å². The quantitative estimate of drug-likeness (QED) is 0.652. The van der Waals surface area contributed by atoms with E-state index in [-0.39, 0.29) is 5.54 Å². The van der Waals surface area contributed by atoms with E-state index in [1.807, 2.05) is 0 Å². The van der Waals surface area contributed by atoms with Gasteiger partial charge in [-0.05, 0) is 36.1 Å². The molecule has 26 heavy (non-hydrogen) atoms. The van der Waals surface area contributed by atoms with E-state index < -0.39 is 0 Å². The Kier molecular flexibility index (Phi) is 5.14.